The zero-order valence-corrected chi connectivity index (χ0v) is 16.5. The van der Waals surface area contributed by atoms with Gasteiger partial charge in [-0.15, -0.1) is 0 Å². The first-order valence-electron chi connectivity index (χ1n) is 8.51. The molecule has 8 heteroatoms. The van der Waals surface area contributed by atoms with E-state index in [0.717, 1.165) is 19.4 Å². The van der Waals surface area contributed by atoms with Crippen molar-refractivity contribution in [1.29, 1.82) is 0 Å². The number of rotatable bonds is 14. The molecule has 0 aromatic heterocycles. The number of carbonyl (C=O) groups is 1. The van der Waals surface area contributed by atoms with E-state index in [2.05, 4.69) is 4.90 Å². The Morgan fingerprint density at radius 3 is 1.78 bits per heavy atom. The summed E-state index contributed by atoms with van der Waals surface area (Å²) < 4.78 is 17.5. The summed E-state index contributed by atoms with van der Waals surface area (Å²) in [6.45, 7) is 9.71. The second-order valence-corrected chi connectivity index (χ2v) is 8.30. The molecule has 0 saturated heterocycles. The predicted molar refractivity (Wildman–Crippen MR) is 94.4 cm³/mol. The van der Waals surface area contributed by atoms with Crippen LogP contribution in [0.1, 0.15) is 33.6 Å². The van der Waals surface area contributed by atoms with Crippen LogP contribution in [-0.4, -0.2) is 78.2 Å². The SMILES string of the molecule is CCO[Si](CCCN(CCCN(C)C)C(N)=O)(OCC)OCC. The van der Waals surface area contributed by atoms with E-state index in [1.165, 1.54) is 0 Å². The number of carbonyl (C=O) groups excluding carboxylic acids is 1. The molecule has 0 bridgehead atoms. The Kier molecular flexibility index (Phi) is 12.3. The van der Waals surface area contributed by atoms with Gasteiger partial charge in [0.05, 0.1) is 0 Å². The molecule has 0 heterocycles. The van der Waals surface area contributed by atoms with Crippen molar-refractivity contribution < 1.29 is 18.1 Å². The molecule has 0 rings (SSSR count). The summed E-state index contributed by atoms with van der Waals surface area (Å²) in [5.41, 5.74) is 5.47. The lowest BCUT2D eigenvalue weighted by atomic mass is 10.3. The fourth-order valence-electron chi connectivity index (χ4n) is 2.40. The highest BCUT2D eigenvalue weighted by Crippen LogP contribution is 2.18. The van der Waals surface area contributed by atoms with Crippen molar-refractivity contribution in [3.8, 4) is 0 Å². The van der Waals surface area contributed by atoms with Crippen molar-refractivity contribution in [2.75, 3.05) is 53.6 Å². The van der Waals surface area contributed by atoms with E-state index in [4.69, 9.17) is 19.0 Å². The minimum Gasteiger partial charge on any atom is -0.374 e. The molecule has 0 saturated carbocycles. The first kappa shape index (κ1) is 22.3. The van der Waals surface area contributed by atoms with Crippen LogP contribution < -0.4 is 5.73 Å². The number of nitrogens with two attached hydrogens (primary N) is 1. The molecule has 0 aromatic rings. The van der Waals surface area contributed by atoms with Gasteiger partial charge in [-0.05, 0) is 54.3 Å². The summed E-state index contributed by atoms with van der Waals surface area (Å²) in [5, 5.41) is 0. The van der Waals surface area contributed by atoms with Crippen molar-refractivity contribution >= 4 is 14.8 Å². The molecule has 0 aromatic carbocycles. The Morgan fingerprint density at radius 1 is 0.913 bits per heavy atom. The Morgan fingerprint density at radius 2 is 1.39 bits per heavy atom. The first-order chi connectivity index (χ1) is 10.9. The highest BCUT2D eigenvalue weighted by molar-refractivity contribution is 6.60. The number of primary amides is 1. The smallest absolute Gasteiger partial charge is 0.374 e. The molecule has 0 fully saturated rings. The first-order valence-corrected chi connectivity index (χ1v) is 10.4. The highest BCUT2D eigenvalue weighted by atomic mass is 28.4. The van der Waals surface area contributed by atoms with E-state index in [1.54, 1.807) is 4.90 Å². The average molecular weight is 350 g/mol. The number of hydrogen-bond donors (Lipinski definition) is 1. The van der Waals surface area contributed by atoms with Gasteiger partial charge < -0.3 is 28.8 Å². The van der Waals surface area contributed by atoms with Crippen molar-refractivity contribution in [2.45, 2.75) is 39.7 Å². The third-order valence-corrected chi connectivity index (χ3v) is 6.50. The summed E-state index contributed by atoms with van der Waals surface area (Å²) >= 11 is 0. The van der Waals surface area contributed by atoms with E-state index >= 15 is 0 Å². The Balaban J connectivity index is 4.46. The van der Waals surface area contributed by atoms with E-state index in [9.17, 15) is 4.79 Å². The topological polar surface area (TPSA) is 77.3 Å². The summed E-state index contributed by atoms with van der Waals surface area (Å²) in [7, 11) is 1.40. The van der Waals surface area contributed by atoms with E-state index in [-0.39, 0.29) is 6.03 Å². The predicted octanol–water partition coefficient (Wildman–Crippen LogP) is 1.76. The van der Waals surface area contributed by atoms with Gasteiger partial charge in [-0.3, -0.25) is 0 Å². The Labute approximate surface area is 142 Å². The Bertz CT molecular complexity index is 302. The van der Waals surface area contributed by atoms with Crippen LogP contribution in [0.15, 0.2) is 0 Å². The van der Waals surface area contributed by atoms with Crippen LogP contribution in [0, 0.1) is 0 Å². The number of hydrogen-bond acceptors (Lipinski definition) is 5. The van der Waals surface area contributed by atoms with Crippen LogP contribution in [0.3, 0.4) is 0 Å². The van der Waals surface area contributed by atoms with Gasteiger partial charge in [0.25, 0.3) is 0 Å². The molecule has 2 amide bonds. The van der Waals surface area contributed by atoms with Gasteiger partial charge in [-0.25, -0.2) is 4.79 Å². The van der Waals surface area contributed by atoms with Gasteiger partial charge in [0, 0.05) is 39.0 Å². The molecule has 0 radical (unpaired) electrons. The number of amides is 2. The van der Waals surface area contributed by atoms with Gasteiger partial charge in [0.1, 0.15) is 0 Å². The van der Waals surface area contributed by atoms with Crippen molar-refractivity contribution in [3.63, 3.8) is 0 Å². The molecule has 2 N–H and O–H groups in total. The lowest BCUT2D eigenvalue weighted by Gasteiger charge is -2.29. The maximum absolute atomic E-state index is 11.6. The van der Waals surface area contributed by atoms with Crippen LogP contribution in [0.4, 0.5) is 4.79 Å². The highest BCUT2D eigenvalue weighted by Gasteiger charge is 2.39. The van der Waals surface area contributed by atoms with Gasteiger partial charge in [-0.1, -0.05) is 0 Å². The molecule has 0 spiro atoms. The van der Waals surface area contributed by atoms with Gasteiger partial charge in [0.2, 0.25) is 0 Å². The van der Waals surface area contributed by atoms with Gasteiger partial charge >= 0.3 is 14.8 Å². The molecule has 0 atom stereocenters. The normalized spacial score (nSPS) is 11.9. The fraction of sp³-hybridized carbons (Fsp3) is 0.933. The zero-order chi connectivity index (χ0) is 17.7. The van der Waals surface area contributed by atoms with E-state index in [0.29, 0.717) is 39.0 Å². The average Bonchev–Trinajstić information content (AvgIpc) is 2.46. The summed E-state index contributed by atoms with van der Waals surface area (Å²) in [5.74, 6) is 0. The largest absolute Gasteiger partial charge is 0.500 e. The van der Waals surface area contributed by atoms with Crippen LogP contribution >= 0.6 is 0 Å². The molecular formula is C15H35N3O4Si. The van der Waals surface area contributed by atoms with Crippen molar-refractivity contribution in [1.82, 2.24) is 9.80 Å². The van der Waals surface area contributed by atoms with E-state index in [1.807, 2.05) is 34.9 Å². The van der Waals surface area contributed by atoms with Crippen LogP contribution in [0.5, 0.6) is 0 Å². The van der Waals surface area contributed by atoms with Crippen LogP contribution in [-0.2, 0) is 13.3 Å². The zero-order valence-electron chi connectivity index (χ0n) is 15.5. The second kappa shape index (κ2) is 12.7. The number of nitrogens with zero attached hydrogens (tertiary/aromatic N) is 2. The van der Waals surface area contributed by atoms with Gasteiger partial charge in [0.15, 0.2) is 0 Å². The maximum atomic E-state index is 11.6. The standard InChI is InChI=1S/C15H35N3O4Si/c1-6-20-23(21-7-2,22-8-3)14-10-13-18(15(16)19)12-9-11-17(4)5/h6-14H2,1-5H3,(H2,16,19). The monoisotopic (exact) mass is 349 g/mol. The quantitative estimate of drug-likeness (QED) is 0.484. The Hall–Kier alpha value is -0.673. The van der Waals surface area contributed by atoms with Crippen LogP contribution in [0.2, 0.25) is 6.04 Å². The lowest BCUT2D eigenvalue weighted by Crippen LogP contribution is -2.47. The molecule has 7 nitrogen and oxygen atoms in total. The molecule has 23 heavy (non-hydrogen) atoms. The fourth-order valence-corrected chi connectivity index (χ4v) is 4.99. The molecule has 0 aliphatic carbocycles. The molecule has 0 aliphatic heterocycles. The third kappa shape index (κ3) is 9.93. The minimum absolute atomic E-state index is 0.375. The summed E-state index contributed by atoms with van der Waals surface area (Å²) in [6.07, 6.45) is 1.66. The van der Waals surface area contributed by atoms with Gasteiger partial charge in [-0.2, -0.15) is 0 Å². The molecule has 0 aliphatic rings. The maximum Gasteiger partial charge on any atom is 0.500 e. The number of urea groups is 1. The molecule has 0 unspecified atom stereocenters. The van der Waals surface area contributed by atoms with Crippen molar-refractivity contribution in [2.24, 2.45) is 5.73 Å². The minimum atomic E-state index is -2.63. The molecule has 138 valence electrons. The molecular weight excluding hydrogens is 314 g/mol. The summed E-state index contributed by atoms with van der Waals surface area (Å²) in [6, 6.07) is 0.320. The van der Waals surface area contributed by atoms with Crippen molar-refractivity contribution in [3.05, 3.63) is 0 Å². The lowest BCUT2D eigenvalue weighted by molar-refractivity contribution is 0.0701. The third-order valence-electron chi connectivity index (χ3n) is 3.35. The summed E-state index contributed by atoms with van der Waals surface area (Å²) in [4.78, 5) is 15.3. The second-order valence-electron chi connectivity index (χ2n) is 5.57. The van der Waals surface area contributed by atoms with E-state index < -0.39 is 8.80 Å². The van der Waals surface area contributed by atoms with Crippen LogP contribution in [0.25, 0.3) is 0 Å².